The fraction of sp³-hybridized carbons (Fsp3) is 0.733. The first-order valence-corrected chi connectivity index (χ1v) is 28.0. The number of halogens is 4. The Morgan fingerprint density at radius 3 is 1.12 bits per heavy atom. The van der Waals surface area contributed by atoms with E-state index in [9.17, 15) is 0 Å². The standard InChI is InChI=1S/C60H90F4O3/c1-5-9-13-15-43-17-21-45(22-18-43)47-25-29-49(30-26-47)51(53-33-35-55(59(63)57(53)61)66-39-11-7-3)37-41-65-42-38-52(54-34-36-56(60(64)58(54)62)67-40-12-8-4)50-31-27-48(28-32-50)46-23-19-44(20-24-46)16-14-10-6-2/h33-38,43-50H,5-32,39-42H2,1-4H3. The topological polar surface area (TPSA) is 27.7 Å². The Labute approximate surface area is 405 Å². The lowest BCUT2D eigenvalue weighted by Gasteiger charge is -2.38. The van der Waals surface area contributed by atoms with Crippen LogP contribution in [0.25, 0.3) is 11.1 Å². The monoisotopic (exact) mass is 935 g/mol. The Bertz CT molecular complexity index is 1660. The molecule has 0 bridgehead atoms. The molecule has 4 aliphatic rings. The molecule has 3 nitrogen and oxygen atoms in total. The highest BCUT2D eigenvalue weighted by Gasteiger charge is 2.35. The molecule has 4 aliphatic carbocycles. The molecule has 376 valence electrons. The van der Waals surface area contributed by atoms with Gasteiger partial charge < -0.3 is 14.2 Å². The molecule has 0 aliphatic heterocycles. The highest BCUT2D eigenvalue weighted by Crippen LogP contribution is 2.48. The Morgan fingerprint density at radius 2 is 0.776 bits per heavy atom. The van der Waals surface area contributed by atoms with Crippen LogP contribution in [0.1, 0.15) is 219 Å². The van der Waals surface area contributed by atoms with Gasteiger partial charge in [-0.15, -0.1) is 0 Å². The minimum Gasteiger partial charge on any atom is -0.490 e. The third kappa shape index (κ3) is 15.6. The van der Waals surface area contributed by atoms with Crippen LogP contribution in [-0.2, 0) is 4.74 Å². The molecule has 4 saturated carbocycles. The van der Waals surface area contributed by atoms with Gasteiger partial charge in [-0.2, -0.15) is 8.78 Å². The van der Waals surface area contributed by atoms with Gasteiger partial charge in [-0.05, 0) is 173 Å². The van der Waals surface area contributed by atoms with Crippen LogP contribution in [0.3, 0.4) is 0 Å². The number of hydrogen-bond donors (Lipinski definition) is 0. The third-order valence-corrected chi connectivity index (χ3v) is 17.0. The summed E-state index contributed by atoms with van der Waals surface area (Å²) in [7, 11) is 0. The van der Waals surface area contributed by atoms with Crippen LogP contribution in [0.15, 0.2) is 36.4 Å². The third-order valence-electron chi connectivity index (χ3n) is 17.0. The van der Waals surface area contributed by atoms with Crippen molar-refractivity contribution >= 4 is 11.1 Å². The van der Waals surface area contributed by atoms with Crippen molar-refractivity contribution in [3.8, 4) is 11.5 Å². The lowest BCUT2D eigenvalue weighted by atomic mass is 9.67. The first-order valence-electron chi connectivity index (χ1n) is 28.0. The van der Waals surface area contributed by atoms with Crippen molar-refractivity contribution in [1.82, 2.24) is 0 Å². The molecule has 0 saturated heterocycles. The van der Waals surface area contributed by atoms with Gasteiger partial charge in [0.1, 0.15) is 0 Å². The van der Waals surface area contributed by atoms with Crippen molar-refractivity contribution in [3.63, 3.8) is 0 Å². The van der Waals surface area contributed by atoms with Gasteiger partial charge in [-0.1, -0.05) is 130 Å². The summed E-state index contributed by atoms with van der Waals surface area (Å²) in [6.45, 7) is 9.73. The van der Waals surface area contributed by atoms with Gasteiger partial charge in [0.15, 0.2) is 23.1 Å². The average Bonchev–Trinajstić information content (AvgIpc) is 3.35. The highest BCUT2D eigenvalue weighted by atomic mass is 19.2. The Morgan fingerprint density at radius 1 is 0.433 bits per heavy atom. The quantitative estimate of drug-likeness (QED) is 0.0695. The zero-order chi connectivity index (χ0) is 47.4. The van der Waals surface area contributed by atoms with Crippen LogP contribution in [0.4, 0.5) is 17.6 Å². The van der Waals surface area contributed by atoms with Crippen molar-refractivity contribution in [1.29, 1.82) is 0 Å². The van der Waals surface area contributed by atoms with E-state index in [4.69, 9.17) is 14.2 Å². The summed E-state index contributed by atoms with van der Waals surface area (Å²) >= 11 is 0. The van der Waals surface area contributed by atoms with E-state index in [-0.39, 0.29) is 47.7 Å². The molecule has 2 aromatic carbocycles. The number of rotatable bonds is 26. The minimum atomic E-state index is -0.932. The van der Waals surface area contributed by atoms with Crippen molar-refractivity contribution in [2.75, 3.05) is 26.4 Å². The molecule has 7 heteroatoms. The van der Waals surface area contributed by atoms with E-state index in [2.05, 4.69) is 13.8 Å². The molecular weight excluding hydrogens is 845 g/mol. The number of benzene rings is 2. The van der Waals surface area contributed by atoms with Gasteiger partial charge in [0.05, 0.1) is 26.4 Å². The maximum atomic E-state index is 16.2. The zero-order valence-electron chi connectivity index (χ0n) is 42.4. The van der Waals surface area contributed by atoms with Gasteiger partial charge >= 0.3 is 0 Å². The van der Waals surface area contributed by atoms with E-state index in [0.717, 1.165) is 112 Å². The van der Waals surface area contributed by atoms with Crippen LogP contribution < -0.4 is 9.47 Å². The summed E-state index contributed by atoms with van der Waals surface area (Å²) in [6, 6.07) is 6.55. The summed E-state index contributed by atoms with van der Waals surface area (Å²) < 4.78 is 81.2. The molecule has 0 unspecified atom stereocenters. The normalized spacial score (nSPS) is 26.4. The molecule has 6 rings (SSSR count). The lowest BCUT2D eigenvalue weighted by Crippen LogP contribution is -2.26. The van der Waals surface area contributed by atoms with E-state index < -0.39 is 23.3 Å². The molecule has 0 spiro atoms. The van der Waals surface area contributed by atoms with Crippen LogP contribution in [0, 0.1) is 70.6 Å². The minimum absolute atomic E-state index is 0.0413. The van der Waals surface area contributed by atoms with E-state index in [1.54, 1.807) is 24.3 Å². The molecule has 0 radical (unpaired) electrons. The predicted octanol–water partition coefficient (Wildman–Crippen LogP) is 18.5. The molecule has 0 aromatic heterocycles. The number of allylic oxidation sites excluding steroid dienone is 2. The van der Waals surface area contributed by atoms with Gasteiger partial charge in [0.2, 0.25) is 11.6 Å². The molecule has 0 atom stereocenters. The van der Waals surface area contributed by atoms with Crippen molar-refractivity contribution in [3.05, 3.63) is 70.8 Å². The lowest BCUT2D eigenvalue weighted by molar-refractivity contribution is 0.152. The summed E-state index contributed by atoms with van der Waals surface area (Å²) in [5, 5.41) is 0. The average molecular weight is 935 g/mol. The molecule has 0 heterocycles. The van der Waals surface area contributed by atoms with Crippen molar-refractivity contribution in [2.24, 2.45) is 47.3 Å². The van der Waals surface area contributed by atoms with Crippen LogP contribution in [0.5, 0.6) is 11.5 Å². The first-order chi connectivity index (χ1) is 32.8. The molecular formula is C60H90F4O3. The first kappa shape index (κ1) is 53.5. The van der Waals surface area contributed by atoms with E-state index in [1.165, 1.54) is 103 Å². The van der Waals surface area contributed by atoms with Crippen LogP contribution in [-0.4, -0.2) is 26.4 Å². The number of hydrogen-bond acceptors (Lipinski definition) is 3. The van der Waals surface area contributed by atoms with E-state index in [1.807, 2.05) is 26.0 Å². The smallest absolute Gasteiger partial charge is 0.201 e. The Kier molecular flexibility index (Phi) is 23.0. The van der Waals surface area contributed by atoms with Gasteiger partial charge in [0, 0.05) is 11.1 Å². The second-order valence-corrected chi connectivity index (χ2v) is 21.5. The number of ether oxygens (including phenoxy) is 3. The maximum Gasteiger partial charge on any atom is 0.201 e. The molecule has 67 heavy (non-hydrogen) atoms. The van der Waals surface area contributed by atoms with E-state index >= 15 is 17.6 Å². The fourth-order valence-electron chi connectivity index (χ4n) is 12.8. The Balaban J connectivity index is 1.15. The van der Waals surface area contributed by atoms with Gasteiger partial charge in [0.25, 0.3) is 0 Å². The highest BCUT2D eigenvalue weighted by molar-refractivity contribution is 5.70. The summed E-state index contributed by atoms with van der Waals surface area (Å²) in [6.07, 6.45) is 36.9. The second kappa shape index (κ2) is 28.8. The zero-order valence-corrected chi connectivity index (χ0v) is 42.4. The van der Waals surface area contributed by atoms with E-state index in [0.29, 0.717) is 25.0 Å². The van der Waals surface area contributed by atoms with Gasteiger partial charge in [-0.25, -0.2) is 8.78 Å². The maximum absolute atomic E-state index is 16.2. The van der Waals surface area contributed by atoms with Crippen molar-refractivity contribution in [2.45, 2.75) is 207 Å². The van der Waals surface area contributed by atoms with Crippen LogP contribution >= 0.6 is 0 Å². The molecule has 4 fully saturated rings. The molecule has 0 N–H and O–H groups in total. The summed E-state index contributed by atoms with van der Waals surface area (Å²) in [4.78, 5) is 0. The fourth-order valence-corrected chi connectivity index (χ4v) is 12.8. The predicted molar refractivity (Wildman–Crippen MR) is 270 cm³/mol. The summed E-state index contributed by atoms with van der Waals surface area (Å²) in [5.74, 6) is 1.22. The van der Waals surface area contributed by atoms with Crippen molar-refractivity contribution < 1.29 is 31.8 Å². The summed E-state index contributed by atoms with van der Waals surface area (Å²) in [5.41, 5.74) is 2.19. The SMILES string of the molecule is CCCCCC1CCC(C2CCC(C(=CCOCC=C(c3ccc(OCCCC)c(F)c3F)C3CCC(C4CCC(CCCCC)CC4)CC3)c3ccc(OCCCC)c(F)c3F)CC2)CC1. The molecule has 0 amide bonds. The Hall–Kier alpha value is -2.80. The largest absolute Gasteiger partial charge is 0.490 e. The second-order valence-electron chi connectivity index (χ2n) is 21.5. The van der Waals surface area contributed by atoms with Gasteiger partial charge in [-0.3, -0.25) is 0 Å². The molecule has 2 aromatic rings. The van der Waals surface area contributed by atoms with Crippen LogP contribution in [0.2, 0.25) is 0 Å². The number of unbranched alkanes of at least 4 members (excludes halogenated alkanes) is 6.